The molecule has 102 valence electrons. The van der Waals surface area contributed by atoms with E-state index in [1.54, 1.807) is 37.3 Å². The van der Waals surface area contributed by atoms with Crippen molar-refractivity contribution >= 4 is 17.7 Å². The van der Waals surface area contributed by atoms with Gasteiger partial charge in [0.2, 0.25) is 5.91 Å². The zero-order chi connectivity index (χ0) is 14.1. The van der Waals surface area contributed by atoms with E-state index in [9.17, 15) is 9.18 Å². The number of hydrogen-bond acceptors (Lipinski definition) is 2. The number of nitrogens with one attached hydrogen (secondary N) is 1. The molecule has 0 saturated heterocycles. The molecule has 1 N–H and O–H groups in total. The molecule has 1 rings (SSSR count). The molecule has 0 radical (unpaired) electrons. The first-order chi connectivity index (χ1) is 9.13. The fourth-order valence-corrected chi connectivity index (χ4v) is 1.40. The average Bonchev–Trinajstić information content (AvgIpc) is 2.42. The number of carbonyl (C=O) groups is 1. The summed E-state index contributed by atoms with van der Waals surface area (Å²) in [6.45, 7) is 3.77. The van der Waals surface area contributed by atoms with Gasteiger partial charge in [0.1, 0.15) is 5.82 Å². The van der Waals surface area contributed by atoms with Gasteiger partial charge < -0.3 is 0 Å². The Bertz CT molecular complexity index is 481. The van der Waals surface area contributed by atoms with E-state index < -0.39 is 0 Å². The summed E-state index contributed by atoms with van der Waals surface area (Å²) in [4.78, 5) is 11.3. The van der Waals surface area contributed by atoms with Crippen molar-refractivity contribution in [2.75, 3.05) is 0 Å². The molecule has 0 spiro atoms. The van der Waals surface area contributed by atoms with Crippen molar-refractivity contribution in [3.63, 3.8) is 0 Å². The Hall–Kier alpha value is -1.97. The molecule has 4 heteroatoms. The van der Waals surface area contributed by atoms with Crippen molar-refractivity contribution in [3.05, 3.63) is 41.7 Å². The van der Waals surface area contributed by atoms with Crippen LogP contribution in [0.2, 0.25) is 0 Å². The molecular weight excluding hydrogens is 243 g/mol. The van der Waals surface area contributed by atoms with Crippen LogP contribution in [0, 0.1) is 5.82 Å². The van der Waals surface area contributed by atoms with Crippen LogP contribution in [0.1, 0.15) is 38.7 Å². The smallest absolute Gasteiger partial charge is 0.240 e. The molecule has 1 aromatic rings. The van der Waals surface area contributed by atoms with Gasteiger partial charge in [0.05, 0.1) is 5.71 Å². The van der Waals surface area contributed by atoms with E-state index in [1.165, 1.54) is 6.07 Å². The second kappa shape index (κ2) is 8.19. The highest BCUT2D eigenvalue weighted by molar-refractivity contribution is 5.96. The lowest BCUT2D eigenvalue weighted by Crippen LogP contribution is -2.17. The van der Waals surface area contributed by atoms with Gasteiger partial charge in [-0.2, -0.15) is 5.10 Å². The minimum atomic E-state index is -0.279. The molecule has 0 fully saturated rings. The highest BCUT2D eigenvalue weighted by atomic mass is 19.1. The maximum absolute atomic E-state index is 13.3. The van der Waals surface area contributed by atoms with Gasteiger partial charge in [-0.05, 0) is 25.5 Å². The maximum atomic E-state index is 13.3. The number of rotatable bonds is 6. The lowest BCUT2D eigenvalue weighted by Gasteiger charge is -1.99. The third-order valence-electron chi connectivity index (χ3n) is 2.52. The first-order valence-electron chi connectivity index (χ1n) is 6.39. The first-order valence-corrected chi connectivity index (χ1v) is 6.39. The van der Waals surface area contributed by atoms with Gasteiger partial charge in [0, 0.05) is 12.0 Å². The Labute approximate surface area is 113 Å². The number of amides is 1. The van der Waals surface area contributed by atoms with E-state index in [-0.39, 0.29) is 11.7 Å². The number of hydrogen-bond donors (Lipinski definition) is 1. The number of carbonyl (C=O) groups excluding carboxylic acids is 1. The number of hydrazone groups is 1. The summed E-state index contributed by atoms with van der Waals surface area (Å²) in [5, 5.41) is 3.93. The number of benzene rings is 1. The molecule has 0 saturated carbocycles. The topological polar surface area (TPSA) is 41.5 Å². The minimum Gasteiger partial charge on any atom is -0.273 e. The van der Waals surface area contributed by atoms with E-state index in [1.807, 2.05) is 6.92 Å². The van der Waals surface area contributed by atoms with Gasteiger partial charge in [0.15, 0.2) is 0 Å². The van der Waals surface area contributed by atoms with E-state index in [2.05, 4.69) is 10.5 Å². The molecule has 3 nitrogen and oxygen atoms in total. The summed E-state index contributed by atoms with van der Waals surface area (Å²) in [7, 11) is 0. The van der Waals surface area contributed by atoms with Crippen LogP contribution in [-0.2, 0) is 4.79 Å². The predicted octanol–water partition coefficient (Wildman–Crippen LogP) is 3.52. The largest absolute Gasteiger partial charge is 0.273 e. The molecule has 1 aromatic carbocycles. The Morgan fingerprint density at radius 3 is 2.84 bits per heavy atom. The minimum absolute atomic E-state index is 0.0968. The number of nitrogens with zero attached hydrogens (tertiary/aromatic N) is 1. The summed E-state index contributed by atoms with van der Waals surface area (Å²) in [6, 6.07) is 6.49. The van der Waals surface area contributed by atoms with Crippen molar-refractivity contribution in [3.8, 4) is 0 Å². The van der Waals surface area contributed by atoms with Crippen LogP contribution in [0.3, 0.4) is 0 Å². The molecule has 0 aliphatic carbocycles. The summed E-state index contributed by atoms with van der Waals surface area (Å²) in [5.74, 6) is -0.376. The second-order valence-electron chi connectivity index (χ2n) is 4.25. The average molecular weight is 262 g/mol. The van der Waals surface area contributed by atoms with Crippen LogP contribution in [0.15, 0.2) is 35.4 Å². The van der Waals surface area contributed by atoms with Gasteiger partial charge in [-0.1, -0.05) is 37.6 Å². The van der Waals surface area contributed by atoms with Crippen molar-refractivity contribution in [1.82, 2.24) is 5.43 Å². The second-order valence-corrected chi connectivity index (χ2v) is 4.25. The van der Waals surface area contributed by atoms with Crippen LogP contribution >= 0.6 is 0 Å². The first kappa shape index (κ1) is 15.1. The van der Waals surface area contributed by atoms with Crippen molar-refractivity contribution in [2.24, 2.45) is 5.10 Å². The van der Waals surface area contributed by atoms with Gasteiger partial charge in [-0.25, -0.2) is 9.82 Å². The highest BCUT2D eigenvalue weighted by Crippen LogP contribution is 2.08. The molecule has 0 aliphatic heterocycles. The molecule has 0 atom stereocenters. The fourth-order valence-electron chi connectivity index (χ4n) is 1.40. The summed E-state index contributed by atoms with van der Waals surface area (Å²) in [6.07, 6.45) is 5.60. The van der Waals surface area contributed by atoms with Gasteiger partial charge >= 0.3 is 0 Å². The maximum Gasteiger partial charge on any atom is 0.240 e. The Kier molecular flexibility index (Phi) is 6.50. The van der Waals surface area contributed by atoms with Crippen LogP contribution in [0.25, 0.3) is 6.08 Å². The summed E-state index contributed by atoms with van der Waals surface area (Å²) in [5.41, 5.74) is 3.59. The third-order valence-corrected chi connectivity index (χ3v) is 2.52. The molecule has 1 amide bonds. The van der Waals surface area contributed by atoms with Gasteiger partial charge in [-0.15, -0.1) is 0 Å². The zero-order valence-electron chi connectivity index (χ0n) is 11.3. The number of allylic oxidation sites excluding steroid dienone is 1. The van der Waals surface area contributed by atoms with Crippen molar-refractivity contribution in [1.29, 1.82) is 0 Å². The lowest BCUT2D eigenvalue weighted by molar-refractivity contribution is -0.121. The molecular formula is C15H19FN2O. The summed E-state index contributed by atoms with van der Waals surface area (Å²) < 4.78 is 13.3. The molecule has 19 heavy (non-hydrogen) atoms. The van der Waals surface area contributed by atoms with Gasteiger partial charge in [-0.3, -0.25) is 4.79 Å². The number of halogens is 1. The van der Waals surface area contributed by atoms with Crippen molar-refractivity contribution < 1.29 is 9.18 Å². The SMILES string of the molecule is CCCCC(=O)N/N=C(C)\C=C\c1ccccc1F. The standard InChI is InChI=1S/C15H19FN2O/c1-3-4-9-15(19)18-17-12(2)10-11-13-7-5-6-8-14(13)16/h5-8,10-11H,3-4,9H2,1-2H3,(H,18,19)/b11-10+,17-12-. The molecule has 0 heterocycles. The molecule has 0 unspecified atom stereocenters. The van der Waals surface area contributed by atoms with E-state index in [0.29, 0.717) is 17.7 Å². The fraction of sp³-hybridized carbons (Fsp3) is 0.333. The quantitative estimate of drug-likeness (QED) is 0.618. The number of unbranched alkanes of at least 4 members (excludes halogenated alkanes) is 1. The van der Waals surface area contributed by atoms with Gasteiger partial charge in [0.25, 0.3) is 0 Å². The van der Waals surface area contributed by atoms with Crippen LogP contribution < -0.4 is 5.43 Å². The Morgan fingerprint density at radius 2 is 2.16 bits per heavy atom. The molecule has 0 aromatic heterocycles. The van der Waals surface area contributed by atoms with Crippen LogP contribution in [0.4, 0.5) is 4.39 Å². The van der Waals surface area contributed by atoms with Crippen LogP contribution in [-0.4, -0.2) is 11.6 Å². The Balaban J connectivity index is 2.52. The monoisotopic (exact) mass is 262 g/mol. The van der Waals surface area contributed by atoms with E-state index in [0.717, 1.165) is 12.8 Å². The Morgan fingerprint density at radius 1 is 1.42 bits per heavy atom. The van der Waals surface area contributed by atoms with E-state index in [4.69, 9.17) is 0 Å². The van der Waals surface area contributed by atoms with Crippen molar-refractivity contribution in [2.45, 2.75) is 33.1 Å². The third kappa shape index (κ3) is 5.95. The summed E-state index contributed by atoms with van der Waals surface area (Å²) >= 11 is 0. The lowest BCUT2D eigenvalue weighted by atomic mass is 10.2. The van der Waals surface area contributed by atoms with E-state index >= 15 is 0 Å². The van der Waals surface area contributed by atoms with Crippen LogP contribution in [0.5, 0.6) is 0 Å². The molecule has 0 aliphatic rings. The highest BCUT2D eigenvalue weighted by Gasteiger charge is 1.98. The normalized spacial score (nSPS) is 11.8. The zero-order valence-corrected chi connectivity index (χ0v) is 11.3. The molecule has 0 bridgehead atoms. The predicted molar refractivity (Wildman–Crippen MR) is 76.2 cm³/mol.